The lowest BCUT2D eigenvalue weighted by Gasteiger charge is -2.46. The number of hydrogen-bond donors (Lipinski definition) is 1. The summed E-state index contributed by atoms with van der Waals surface area (Å²) in [6.07, 6.45) is -19.5. The van der Waals surface area contributed by atoms with Crippen molar-refractivity contribution in [2.45, 2.75) is 77.3 Å². The van der Waals surface area contributed by atoms with E-state index in [1.165, 1.54) is 0 Å². The van der Waals surface area contributed by atoms with E-state index in [-0.39, 0.29) is 5.57 Å². The molecule has 23 heavy (non-hydrogen) atoms. The Morgan fingerprint density at radius 1 is 1.52 bits per heavy atom. The molecule has 0 unspecified atom stereocenters. The van der Waals surface area contributed by atoms with Crippen molar-refractivity contribution in [1.82, 2.24) is 0 Å². The number of aromatic hydroxyl groups is 1. The fraction of sp³-hybridized carbons (Fsp3) is 0.619. The summed E-state index contributed by atoms with van der Waals surface area (Å²) in [4.78, 5) is 0. The highest BCUT2D eigenvalue weighted by molar-refractivity contribution is 5.53. The maximum atomic E-state index is 11.1. The molecule has 1 N–H and O–H groups in total. The van der Waals surface area contributed by atoms with Crippen molar-refractivity contribution in [3.8, 4) is 11.5 Å². The third kappa shape index (κ3) is 3.13. The molecule has 0 amide bonds. The summed E-state index contributed by atoms with van der Waals surface area (Å²) in [7, 11) is 0. The molecule has 1 aromatic carbocycles. The number of aryl methyl sites for hydroxylation is 1. The van der Waals surface area contributed by atoms with Gasteiger partial charge in [0, 0.05) is 44.8 Å². The molecule has 2 nitrogen and oxygen atoms in total. The van der Waals surface area contributed by atoms with E-state index in [1.54, 1.807) is 0 Å². The average molecular weight is 336 g/mol. The predicted octanol–water partition coefficient (Wildman–Crippen LogP) is 5.74. The molecule has 0 saturated heterocycles. The number of allylic oxidation sites excluding steroid dienone is 2. The Balaban J connectivity index is 2.46. The highest BCUT2D eigenvalue weighted by Gasteiger charge is 2.45. The molecule has 1 aliphatic heterocycles. The summed E-state index contributed by atoms with van der Waals surface area (Å²) in [5, 5.41) is 11.1. The number of rotatable bonds is 4. The fourth-order valence-corrected chi connectivity index (χ4v) is 2.68. The molecular weight excluding hydrogens is 284 g/mol. The minimum absolute atomic E-state index is 0.321. The quantitative estimate of drug-likeness (QED) is 0.711. The summed E-state index contributed by atoms with van der Waals surface area (Å²) in [6, 6.07) is 0.263. The monoisotopic (exact) mass is 335 g/mol. The molecule has 2 heteroatoms. The largest absolute Gasteiger partial charge is 0.507 e. The van der Waals surface area contributed by atoms with E-state index in [0.717, 1.165) is 6.92 Å². The number of hydrogen-bond acceptors (Lipinski definition) is 2. The smallest absolute Gasteiger partial charge is 0.127 e. The lowest BCUT2D eigenvalue weighted by molar-refractivity contribution is 0.0107. The molecular formula is C21H30O2. The van der Waals surface area contributed by atoms with E-state index in [0.29, 0.717) is 12.1 Å². The zero-order valence-corrected chi connectivity index (χ0v) is 12.3. The second kappa shape index (κ2) is 6.22. The van der Waals surface area contributed by atoms with Crippen LogP contribution in [-0.2, 0) is 6.37 Å². The topological polar surface area (TPSA) is 29.5 Å². The van der Waals surface area contributed by atoms with Gasteiger partial charge in [-0.25, -0.2) is 0 Å². The Hall–Kier alpha value is -1.44. The molecule has 1 aromatic rings. The van der Waals surface area contributed by atoms with Gasteiger partial charge in [-0.1, -0.05) is 31.2 Å². The van der Waals surface area contributed by atoms with Crippen LogP contribution in [0.15, 0.2) is 23.8 Å². The first-order valence-electron chi connectivity index (χ1n) is 17.4. The minimum atomic E-state index is -4.10. The van der Waals surface area contributed by atoms with E-state index in [4.69, 9.17) is 32.2 Å². The maximum absolute atomic E-state index is 11.1. The maximum Gasteiger partial charge on any atom is 0.127 e. The van der Waals surface area contributed by atoms with Crippen LogP contribution in [0.3, 0.4) is 0 Å². The zero-order chi connectivity index (χ0) is 34.9. The average Bonchev–Trinajstić information content (AvgIpc) is 2.78. The molecule has 0 saturated carbocycles. The first kappa shape index (κ1) is 4.59. The van der Waals surface area contributed by atoms with Gasteiger partial charge < -0.3 is 9.84 Å². The molecule has 0 spiro atoms. The van der Waals surface area contributed by atoms with Gasteiger partial charge in [-0.15, -0.1) is 0 Å². The fourth-order valence-electron chi connectivity index (χ4n) is 2.68. The molecule has 1 heterocycles. The van der Waals surface area contributed by atoms with Gasteiger partial charge in [0.05, 0.1) is 1.37 Å². The van der Waals surface area contributed by atoms with Crippen LogP contribution in [0.2, 0.25) is 0 Å². The SMILES string of the molecule is [2H]C1=C(C)C([2H])([2H])C[C@]2([2H])[C@@H]1c1c(O)cc(C([2H])([2H])C([2H])([2H])C([2H])([2H])C([2H])([2H])C([2H])([2H])[2H])cc1OC2(C([2H])([2H])[2H])C([2H])([2H])[2H]. The highest BCUT2D eigenvalue weighted by Crippen LogP contribution is 2.53. The second-order valence-electron chi connectivity index (χ2n) is 5.27. The number of phenols is 1. The van der Waals surface area contributed by atoms with Crippen molar-refractivity contribution in [2.75, 3.05) is 0 Å². The predicted molar refractivity (Wildman–Crippen MR) is 95.3 cm³/mol. The number of benzene rings is 1. The summed E-state index contributed by atoms with van der Waals surface area (Å²) in [6.45, 7) is -10.1. The Morgan fingerprint density at radius 2 is 2.39 bits per heavy atom. The Kier molecular flexibility index (Phi) is 1.24. The lowest BCUT2D eigenvalue weighted by atomic mass is 9.68. The molecule has 1 aliphatic carbocycles. The van der Waals surface area contributed by atoms with E-state index < -0.39 is 105 Å². The van der Waals surface area contributed by atoms with E-state index in [1.807, 2.05) is 0 Å². The van der Waals surface area contributed by atoms with Crippen LogP contribution >= 0.6 is 0 Å². The van der Waals surface area contributed by atoms with Gasteiger partial charge in [0.1, 0.15) is 17.1 Å². The van der Waals surface area contributed by atoms with Crippen LogP contribution in [0.25, 0.3) is 0 Å². The van der Waals surface area contributed by atoms with Gasteiger partial charge in [0.25, 0.3) is 0 Å². The molecule has 2 atom stereocenters. The van der Waals surface area contributed by atoms with Gasteiger partial charge in [0.2, 0.25) is 0 Å². The third-order valence-electron chi connectivity index (χ3n) is 3.71. The van der Waals surface area contributed by atoms with E-state index in [2.05, 4.69) is 0 Å². The highest BCUT2D eigenvalue weighted by atomic mass is 16.5. The Bertz CT molecular complexity index is 1350. The van der Waals surface area contributed by atoms with Crippen LogP contribution in [0, 0.1) is 5.89 Å². The van der Waals surface area contributed by atoms with Gasteiger partial charge >= 0.3 is 0 Å². The van der Waals surface area contributed by atoms with Crippen LogP contribution in [0.4, 0.5) is 0 Å². The second-order valence-corrected chi connectivity index (χ2v) is 5.27. The van der Waals surface area contributed by atoms with Crippen molar-refractivity contribution < 1.29 is 38.6 Å². The number of ether oxygens (including phenoxy) is 1. The zero-order valence-electron chi connectivity index (χ0n) is 33.3. The first-order chi connectivity index (χ1) is 19.1. The van der Waals surface area contributed by atoms with Gasteiger partial charge in [-0.05, 0) is 63.9 Å². The van der Waals surface area contributed by atoms with Gasteiger partial charge in [-0.3, -0.25) is 0 Å². The van der Waals surface area contributed by atoms with Crippen LogP contribution in [-0.4, -0.2) is 10.7 Å². The van der Waals surface area contributed by atoms with Gasteiger partial charge in [-0.2, -0.15) is 0 Å². The van der Waals surface area contributed by atoms with Crippen molar-refractivity contribution in [2.24, 2.45) is 5.89 Å². The van der Waals surface area contributed by atoms with Crippen molar-refractivity contribution in [3.05, 3.63) is 34.9 Å². The molecule has 2 aliphatic rings. The number of fused-ring (bicyclic) bond motifs is 3. The summed E-state index contributed by atoms with van der Waals surface area (Å²) >= 11 is 0. The number of phenolic OH excluding ortho intramolecular Hbond substituents is 1. The van der Waals surface area contributed by atoms with Crippen LogP contribution in [0.5, 0.6) is 11.5 Å². The first-order valence-corrected chi connectivity index (χ1v) is 6.86. The van der Waals surface area contributed by atoms with E-state index >= 15 is 0 Å². The molecule has 126 valence electrons. The summed E-state index contributed by atoms with van der Waals surface area (Å²) in [5.74, 6) is -7.03. The molecule has 0 fully saturated rings. The lowest BCUT2D eigenvalue weighted by Crippen LogP contribution is -2.45. The minimum Gasteiger partial charge on any atom is -0.507 e. The summed E-state index contributed by atoms with van der Waals surface area (Å²) in [5.41, 5.74) is -5.59. The van der Waals surface area contributed by atoms with Crippen LogP contribution in [0.1, 0.15) is 105 Å². The molecule has 0 bridgehead atoms. The van der Waals surface area contributed by atoms with Crippen molar-refractivity contribution in [3.63, 3.8) is 0 Å². The summed E-state index contributed by atoms with van der Waals surface area (Å²) < 4.78 is 177. The van der Waals surface area contributed by atoms with E-state index in [9.17, 15) is 6.48 Å². The standard InChI is InChI=1S/C21H30O2/c1-5-6-7-8-15-12-18(22)20-16-11-14(2)9-10-17(16)21(3,4)23-19(20)13-15/h11-13,16-17,22H,5-10H2,1-4H3/t16-,17-/m1/s1/i1D3,3D3,4D3,5D2,6D2,7D2,8D2,9D2,11D,17D. The normalized spacial score (nSPS) is 48.6. The Labute approximate surface area is 170 Å². The Morgan fingerprint density at radius 3 is 3.17 bits per heavy atom. The van der Waals surface area contributed by atoms with Crippen molar-refractivity contribution >= 4 is 0 Å². The van der Waals surface area contributed by atoms with Gasteiger partial charge in [0.15, 0.2) is 0 Å². The third-order valence-corrected chi connectivity index (χ3v) is 3.71. The molecule has 3 rings (SSSR count). The van der Waals surface area contributed by atoms with Crippen molar-refractivity contribution in [1.29, 1.82) is 0 Å². The molecule has 0 radical (unpaired) electrons. The molecule has 0 aromatic heterocycles. The van der Waals surface area contributed by atoms with Crippen LogP contribution < -0.4 is 4.74 Å².